The van der Waals surface area contributed by atoms with Gasteiger partial charge in [0.15, 0.2) is 5.54 Å². The maximum absolute atomic E-state index is 13.1. The van der Waals surface area contributed by atoms with Crippen molar-refractivity contribution in [3.63, 3.8) is 0 Å². The molecule has 0 bridgehead atoms. The highest BCUT2D eigenvalue weighted by atomic mass is 16.6. The highest BCUT2D eigenvalue weighted by Crippen LogP contribution is 2.37. The molecule has 5 heteroatoms. The van der Waals surface area contributed by atoms with Crippen molar-refractivity contribution in [1.82, 2.24) is 5.32 Å². The first-order valence-corrected chi connectivity index (χ1v) is 9.11. The molecule has 5 nitrogen and oxygen atoms in total. The topological polar surface area (TPSA) is 64.6 Å². The van der Waals surface area contributed by atoms with Gasteiger partial charge in [0.25, 0.3) is 0 Å². The van der Waals surface area contributed by atoms with Crippen LogP contribution >= 0.6 is 0 Å². The number of rotatable bonds is 6. The average Bonchev–Trinajstić information content (AvgIpc) is 3.18. The first-order chi connectivity index (χ1) is 13.6. The zero-order chi connectivity index (χ0) is 20.0. The molecule has 1 fully saturated rings. The molecular formula is C23H23NO4. The second-order valence-corrected chi connectivity index (χ2v) is 6.49. The predicted molar refractivity (Wildman–Crippen MR) is 108 cm³/mol. The van der Waals surface area contributed by atoms with E-state index in [-0.39, 0.29) is 0 Å². The smallest absolute Gasteiger partial charge is 0.341 e. The van der Waals surface area contributed by atoms with Gasteiger partial charge in [-0.25, -0.2) is 9.59 Å². The van der Waals surface area contributed by atoms with E-state index in [1.807, 2.05) is 66.7 Å². The van der Waals surface area contributed by atoms with Gasteiger partial charge in [-0.3, -0.25) is 5.32 Å². The van der Waals surface area contributed by atoms with Crippen molar-refractivity contribution in [2.75, 3.05) is 13.7 Å². The Kier molecular flexibility index (Phi) is 6.19. The number of methoxy groups -OCH3 is 1. The fraction of sp³-hybridized carbons (Fsp3) is 0.217. The van der Waals surface area contributed by atoms with E-state index >= 15 is 0 Å². The van der Waals surface area contributed by atoms with Gasteiger partial charge in [-0.2, -0.15) is 0 Å². The summed E-state index contributed by atoms with van der Waals surface area (Å²) in [7, 11) is 1.55. The van der Waals surface area contributed by atoms with Gasteiger partial charge in [-0.05, 0) is 29.7 Å². The Hall–Kier alpha value is -3.02. The number of hydrogen-bond donors (Lipinski definition) is 1. The lowest BCUT2D eigenvalue weighted by Crippen LogP contribution is -2.54. The van der Waals surface area contributed by atoms with Crippen LogP contribution in [0, 0.1) is 0 Å². The first-order valence-electron chi connectivity index (χ1n) is 9.11. The lowest BCUT2D eigenvalue weighted by atomic mass is 9.82. The normalized spacial score (nSPS) is 21.5. The lowest BCUT2D eigenvalue weighted by Gasteiger charge is -2.33. The molecule has 1 heterocycles. The summed E-state index contributed by atoms with van der Waals surface area (Å²) < 4.78 is 10.6. The number of carbonyl (C=O) groups excluding carboxylic acids is 2. The summed E-state index contributed by atoms with van der Waals surface area (Å²) in [5.41, 5.74) is 1.31. The standard InChI is InChI=1S/C23H23NO4/c1-3-21(25)28-22(26)23(20(27-2)15-16-24-23)19-12-8-7-11-18(19)14-13-17-9-5-4-6-10-17/h3-14,20,24H,1,15-16H2,2H3/b14-13+/t20?,23-/m0/s1. The third-order valence-corrected chi connectivity index (χ3v) is 4.90. The van der Waals surface area contributed by atoms with Crippen LogP contribution in [0.3, 0.4) is 0 Å². The zero-order valence-corrected chi connectivity index (χ0v) is 15.8. The molecule has 2 aromatic carbocycles. The second-order valence-electron chi connectivity index (χ2n) is 6.49. The molecule has 0 aromatic heterocycles. The van der Waals surface area contributed by atoms with Gasteiger partial charge in [-0.15, -0.1) is 0 Å². The Bertz CT molecular complexity index is 890. The molecule has 28 heavy (non-hydrogen) atoms. The van der Waals surface area contributed by atoms with Crippen LogP contribution in [0.4, 0.5) is 0 Å². The maximum Gasteiger partial charge on any atom is 0.341 e. The minimum Gasteiger partial charge on any atom is -0.388 e. The molecule has 0 spiro atoms. The minimum atomic E-state index is -1.27. The third kappa shape index (κ3) is 3.81. The van der Waals surface area contributed by atoms with Gasteiger partial charge in [0.2, 0.25) is 0 Å². The van der Waals surface area contributed by atoms with Gasteiger partial charge in [-0.1, -0.05) is 73.3 Å². The van der Waals surface area contributed by atoms with Gasteiger partial charge < -0.3 is 9.47 Å². The minimum absolute atomic E-state index is 0.469. The van der Waals surface area contributed by atoms with Crippen LogP contribution in [0.1, 0.15) is 23.1 Å². The lowest BCUT2D eigenvalue weighted by molar-refractivity contribution is -0.165. The first kappa shape index (κ1) is 19.7. The predicted octanol–water partition coefficient (Wildman–Crippen LogP) is 3.32. The maximum atomic E-state index is 13.1. The van der Waals surface area contributed by atoms with Crippen LogP contribution in [-0.2, 0) is 24.6 Å². The van der Waals surface area contributed by atoms with E-state index in [1.54, 1.807) is 7.11 Å². The molecule has 1 saturated heterocycles. The zero-order valence-electron chi connectivity index (χ0n) is 15.8. The quantitative estimate of drug-likeness (QED) is 0.362. The summed E-state index contributed by atoms with van der Waals surface area (Å²) in [5.74, 6) is -1.48. The van der Waals surface area contributed by atoms with Crippen LogP contribution in [-0.4, -0.2) is 31.7 Å². The van der Waals surface area contributed by atoms with Crippen molar-refractivity contribution in [3.05, 3.63) is 83.9 Å². The van der Waals surface area contributed by atoms with E-state index in [0.717, 1.165) is 17.2 Å². The second kappa shape index (κ2) is 8.78. The van der Waals surface area contributed by atoms with Crippen molar-refractivity contribution in [1.29, 1.82) is 0 Å². The molecule has 1 aliphatic rings. The molecule has 0 aliphatic carbocycles. The Labute approximate surface area is 164 Å². The number of benzene rings is 2. The molecule has 0 amide bonds. The van der Waals surface area contributed by atoms with Gasteiger partial charge in [0.1, 0.15) is 0 Å². The molecular weight excluding hydrogens is 354 g/mol. The van der Waals surface area contributed by atoms with E-state index in [9.17, 15) is 9.59 Å². The van der Waals surface area contributed by atoms with Crippen LogP contribution in [0.25, 0.3) is 12.2 Å². The summed E-state index contributed by atoms with van der Waals surface area (Å²) >= 11 is 0. The van der Waals surface area contributed by atoms with Crippen molar-refractivity contribution >= 4 is 24.1 Å². The number of esters is 2. The Morgan fingerprint density at radius 3 is 2.54 bits per heavy atom. The van der Waals surface area contributed by atoms with E-state index in [2.05, 4.69) is 11.9 Å². The molecule has 144 valence electrons. The van der Waals surface area contributed by atoms with E-state index < -0.39 is 23.6 Å². The summed E-state index contributed by atoms with van der Waals surface area (Å²) in [5, 5.41) is 3.24. The Morgan fingerprint density at radius 1 is 1.11 bits per heavy atom. The molecule has 1 unspecified atom stereocenters. The number of ether oxygens (including phenoxy) is 2. The molecule has 1 aliphatic heterocycles. The molecule has 0 radical (unpaired) electrons. The van der Waals surface area contributed by atoms with E-state index in [4.69, 9.17) is 9.47 Å². The van der Waals surface area contributed by atoms with Crippen molar-refractivity contribution < 1.29 is 19.1 Å². The van der Waals surface area contributed by atoms with Crippen LogP contribution in [0.15, 0.2) is 67.3 Å². The van der Waals surface area contributed by atoms with Gasteiger partial charge >= 0.3 is 11.9 Å². The Balaban J connectivity index is 2.06. The summed E-state index contributed by atoms with van der Waals surface area (Å²) in [4.78, 5) is 24.8. The highest BCUT2D eigenvalue weighted by Gasteiger charge is 2.53. The van der Waals surface area contributed by atoms with Crippen molar-refractivity contribution in [2.24, 2.45) is 0 Å². The number of hydrogen-bond acceptors (Lipinski definition) is 5. The fourth-order valence-corrected chi connectivity index (χ4v) is 3.57. The SMILES string of the molecule is C=CC(=O)OC(=O)[C@@]1(c2ccccc2/C=C/c2ccccc2)NCCC1OC. The van der Waals surface area contributed by atoms with Crippen molar-refractivity contribution in [2.45, 2.75) is 18.1 Å². The monoisotopic (exact) mass is 377 g/mol. The average molecular weight is 377 g/mol. The fourth-order valence-electron chi connectivity index (χ4n) is 3.57. The largest absolute Gasteiger partial charge is 0.388 e. The number of nitrogens with one attached hydrogen (secondary N) is 1. The Morgan fingerprint density at radius 2 is 1.82 bits per heavy atom. The molecule has 2 atom stereocenters. The van der Waals surface area contributed by atoms with E-state index in [1.165, 1.54) is 0 Å². The molecule has 1 N–H and O–H groups in total. The summed E-state index contributed by atoms with van der Waals surface area (Å²) in [6.45, 7) is 3.93. The van der Waals surface area contributed by atoms with Crippen LogP contribution in [0.5, 0.6) is 0 Å². The summed E-state index contributed by atoms with van der Waals surface area (Å²) in [6.07, 6.45) is 5.04. The highest BCUT2D eigenvalue weighted by molar-refractivity contribution is 5.97. The molecule has 3 rings (SSSR count). The van der Waals surface area contributed by atoms with Gasteiger partial charge in [0.05, 0.1) is 6.10 Å². The van der Waals surface area contributed by atoms with Crippen LogP contribution in [0.2, 0.25) is 0 Å². The molecule has 2 aromatic rings. The van der Waals surface area contributed by atoms with Gasteiger partial charge in [0, 0.05) is 13.2 Å². The third-order valence-electron chi connectivity index (χ3n) is 4.90. The van der Waals surface area contributed by atoms with Crippen LogP contribution < -0.4 is 5.32 Å². The molecule has 0 saturated carbocycles. The summed E-state index contributed by atoms with van der Waals surface area (Å²) in [6, 6.07) is 17.4. The number of carbonyl (C=O) groups is 2. The van der Waals surface area contributed by atoms with Crippen molar-refractivity contribution in [3.8, 4) is 0 Å². The van der Waals surface area contributed by atoms with E-state index in [0.29, 0.717) is 18.5 Å².